The second-order valence-electron chi connectivity index (χ2n) is 5.16. The molecule has 0 saturated heterocycles. The van der Waals surface area contributed by atoms with Crippen molar-refractivity contribution in [2.75, 3.05) is 13.2 Å². The molecule has 1 aromatic carbocycles. The van der Waals surface area contributed by atoms with Gasteiger partial charge in [-0.2, -0.15) is 0 Å². The quantitative estimate of drug-likeness (QED) is 0.833. The molecule has 5 heteroatoms. The SMILES string of the molecule is CCOC(OCC)c1cc2cc3c(c(O)c2c(=O)[nH]1)CC=C3. The van der Waals surface area contributed by atoms with Gasteiger partial charge >= 0.3 is 0 Å². The lowest BCUT2D eigenvalue weighted by atomic mass is 10.0. The van der Waals surface area contributed by atoms with E-state index in [0.717, 1.165) is 11.1 Å². The topological polar surface area (TPSA) is 71.5 Å². The van der Waals surface area contributed by atoms with Gasteiger partial charge in [-0.25, -0.2) is 0 Å². The normalized spacial score (nSPS) is 13.2. The summed E-state index contributed by atoms with van der Waals surface area (Å²) in [6, 6.07) is 3.72. The number of aromatic hydroxyl groups is 1. The Morgan fingerprint density at radius 3 is 2.68 bits per heavy atom. The van der Waals surface area contributed by atoms with Gasteiger partial charge in [0.1, 0.15) is 5.75 Å². The zero-order valence-electron chi connectivity index (χ0n) is 12.7. The van der Waals surface area contributed by atoms with Crippen molar-refractivity contribution in [2.45, 2.75) is 26.6 Å². The molecule has 5 nitrogen and oxygen atoms in total. The Bertz CT molecular complexity index is 785. The summed E-state index contributed by atoms with van der Waals surface area (Å²) < 4.78 is 11.1. The monoisotopic (exact) mass is 301 g/mol. The van der Waals surface area contributed by atoms with Crippen molar-refractivity contribution in [1.29, 1.82) is 0 Å². The predicted molar refractivity (Wildman–Crippen MR) is 85.0 cm³/mol. The highest BCUT2D eigenvalue weighted by Gasteiger charge is 2.19. The van der Waals surface area contributed by atoms with Gasteiger partial charge in [-0.15, -0.1) is 0 Å². The van der Waals surface area contributed by atoms with Crippen molar-refractivity contribution < 1.29 is 14.6 Å². The smallest absolute Gasteiger partial charge is 0.259 e. The molecule has 1 aromatic heterocycles. The van der Waals surface area contributed by atoms with Crippen molar-refractivity contribution in [3.63, 3.8) is 0 Å². The zero-order valence-corrected chi connectivity index (χ0v) is 12.7. The number of phenols is 1. The molecule has 0 atom stereocenters. The molecule has 1 aliphatic rings. The number of allylic oxidation sites excluding steroid dienone is 1. The van der Waals surface area contributed by atoms with E-state index in [4.69, 9.17) is 9.47 Å². The number of hydrogen-bond donors (Lipinski definition) is 2. The molecule has 0 bridgehead atoms. The molecule has 22 heavy (non-hydrogen) atoms. The standard InChI is InChI=1S/C17H19NO4/c1-3-21-17(22-4-2)13-9-11-8-10-6-5-7-12(10)15(19)14(11)16(20)18-13/h5-6,8-9,17,19H,3-4,7H2,1-2H3,(H,18,20). The number of ether oxygens (including phenoxy) is 2. The average molecular weight is 301 g/mol. The minimum absolute atomic E-state index is 0.0645. The Morgan fingerprint density at radius 2 is 2.00 bits per heavy atom. The van der Waals surface area contributed by atoms with Crippen LogP contribution in [-0.4, -0.2) is 23.3 Å². The Labute approximate surface area is 128 Å². The fraction of sp³-hybridized carbons (Fsp3) is 0.353. The number of pyridine rings is 1. The van der Waals surface area contributed by atoms with Gasteiger partial charge in [0.05, 0.1) is 11.1 Å². The highest BCUT2D eigenvalue weighted by atomic mass is 16.7. The lowest BCUT2D eigenvalue weighted by Crippen LogP contribution is -2.17. The number of phenolic OH excluding ortho intramolecular Hbond substituents is 1. The molecule has 0 fully saturated rings. The molecule has 2 N–H and O–H groups in total. The molecule has 0 aliphatic heterocycles. The molecule has 0 radical (unpaired) electrons. The van der Waals surface area contributed by atoms with Crippen molar-refractivity contribution in [3.05, 3.63) is 45.4 Å². The Balaban J connectivity index is 2.17. The van der Waals surface area contributed by atoms with Crippen LogP contribution >= 0.6 is 0 Å². The number of benzene rings is 1. The maximum absolute atomic E-state index is 12.4. The second-order valence-corrected chi connectivity index (χ2v) is 5.16. The van der Waals surface area contributed by atoms with E-state index in [1.54, 1.807) is 6.07 Å². The van der Waals surface area contributed by atoms with Crippen LogP contribution in [-0.2, 0) is 15.9 Å². The van der Waals surface area contributed by atoms with Gasteiger partial charge in [-0.1, -0.05) is 12.2 Å². The summed E-state index contributed by atoms with van der Waals surface area (Å²) in [7, 11) is 0. The molecule has 1 aliphatic carbocycles. The lowest BCUT2D eigenvalue weighted by molar-refractivity contribution is -0.142. The summed E-state index contributed by atoms with van der Waals surface area (Å²) >= 11 is 0. The number of aromatic amines is 1. The van der Waals surface area contributed by atoms with E-state index >= 15 is 0 Å². The number of H-pyrrole nitrogens is 1. The predicted octanol–water partition coefficient (Wildman–Crippen LogP) is 2.87. The fourth-order valence-electron chi connectivity index (χ4n) is 2.83. The van der Waals surface area contributed by atoms with E-state index in [1.165, 1.54) is 0 Å². The van der Waals surface area contributed by atoms with Gasteiger partial charge < -0.3 is 19.6 Å². The van der Waals surface area contributed by atoms with Crippen LogP contribution in [0.3, 0.4) is 0 Å². The Hall–Kier alpha value is -2.11. The van der Waals surface area contributed by atoms with Gasteiger partial charge in [0.15, 0.2) is 6.29 Å². The summed E-state index contributed by atoms with van der Waals surface area (Å²) in [5.41, 5.74) is 1.98. The van der Waals surface area contributed by atoms with Gasteiger partial charge in [0, 0.05) is 18.8 Å². The van der Waals surface area contributed by atoms with E-state index in [0.29, 0.717) is 36.1 Å². The maximum Gasteiger partial charge on any atom is 0.259 e. The molecular weight excluding hydrogens is 282 g/mol. The lowest BCUT2D eigenvalue weighted by Gasteiger charge is -2.17. The molecule has 0 unspecified atom stereocenters. The molecule has 3 rings (SSSR count). The van der Waals surface area contributed by atoms with Gasteiger partial charge in [-0.3, -0.25) is 4.79 Å². The Morgan fingerprint density at radius 1 is 1.27 bits per heavy atom. The molecule has 2 aromatic rings. The van der Waals surface area contributed by atoms with E-state index in [9.17, 15) is 9.90 Å². The molecule has 0 amide bonds. The first-order valence-corrected chi connectivity index (χ1v) is 7.47. The van der Waals surface area contributed by atoms with Crippen LogP contribution in [0.25, 0.3) is 16.8 Å². The first-order valence-electron chi connectivity index (χ1n) is 7.47. The summed E-state index contributed by atoms with van der Waals surface area (Å²) in [5, 5.41) is 11.4. The van der Waals surface area contributed by atoms with Crippen molar-refractivity contribution in [1.82, 2.24) is 4.98 Å². The molecule has 0 spiro atoms. The third kappa shape index (κ3) is 2.42. The minimum atomic E-state index is -0.613. The van der Waals surface area contributed by atoms with Gasteiger partial charge in [0.25, 0.3) is 5.56 Å². The van der Waals surface area contributed by atoms with Crippen LogP contribution in [0.1, 0.15) is 37.0 Å². The number of fused-ring (bicyclic) bond motifs is 2. The van der Waals surface area contributed by atoms with Gasteiger partial charge in [0.2, 0.25) is 0 Å². The van der Waals surface area contributed by atoms with Crippen LogP contribution in [0.2, 0.25) is 0 Å². The van der Waals surface area contributed by atoms with Crippen LogP contribution in [0.5, 0.6) is 5.75 Å². The van der Waals surface area contributed by atoms with Crippen LogP contribution in [0.4, 0.5) is 0 Å². The first kappa shape index (κ1) is 14.8. The average Bonchev–Trinajstić information content (AvgIpc) is 2.95. The summed E-state index contributed by atoms with van der Waals surface area (Å²) in [4.78, 5) is 15.2. The van der Waals surface area contributed by atoms with Crippen molar-refractivity contribution in [2.24, 2.45) is 0 Å². The second kappa shape index (κ2) is 5.94. The zero-order chi connectivity index (χ0) is 15.7. The number of hydrogen-bond acceptors (Lipinski definition) is 4. The number of aromatic nitrogens is 1. The first-order chi connectivity index (χ1) is 10.7. The minimum Gasteiger partial charge on any atom is -0.507 e. The Kier molecular flexibility index (Phi) is 4.00. The molecule has 0 saturated carbocycles. The number of nitrogens with one attached hydrogen (secondary N) is 1. The molecule has 1 heterocycles. The third-order valence-electron chi connectivity index (χ3n) is 3.78. The van der Waals surface area contributed by atoms with E-state index in [1.807, 2.05) is 32.1 Å². The van der Waals surface area contributed by atoms with Crippen LogP contribution in [0, 0.1) is 0 Å². The molecular formula is C17H19NO4. The van der Waals surface area contributed by atoms with Gasteiger partial charge in [-0.05, 0) is 43.4 Å². The van der Waals surface area contributed by atoms with E-state index in [-0.39, 0.29) is 11.3 Å². The summed E-state index contributed by atoms with van der Waals surface area (Å²) in [6.07, 6.45) is 3.97. The van der Waals surface area contributed by atoms with Crippen molar-refractivity contribution in [3.8, 4) is 5.75 Å². The maximum atomic E-state index is 12.4. The van der Waals surface area contributed by atoms with Crippen molar-refractivity contribution >= 4 is 16.8 Å². The van der Waals surface area contributed by atoms with Crippen LogP contribution in [0.15, 0.2) is 23.0 Å². The number of rotatable bonds is 5. The van der Waals surface area contributed by atoms with E-state index in [2.05, 4.69) is 4.98 Å². The molecule has 116 valence electrons. The summed E-state index contributed by atoms with van der Waals surface area (Å²) in [6.45, 7) is 4.69. The third-order valence-corrected chi connectivity index (χ3v) is 3.78. The van der Waals surface area contributed by atoms with Crippen LogP contribution < -0.4 is 5.56 Å². The highest BCUT2D eigenvalue weighted by molar-refractivity contribution is 5.92. The fourth-order valence-corrected chi connectivity index (χ4v) is 2.83. The highest BCUT2D eigenvalue weighted by Crippen LogP contribution is 2.34. The summed E-state index contributed by atoms with van der Waals surface area (Å²) in [5.74, 6) is 0.0645. The largest absolute Gasteiger partial charge is 0.507 e. The van der Waals surface area contributed by atoms with E-state index < -0.39 is 6.29 Å².